The molecule has 5 N–H and O–H groups in total. The Morgan fingerprint density at radius 2 is 1.44 bits per heavy atom. The third-order valence-electron chi connectivity index (χ3n) is 1.88. The highest BCUT2D eigenvalue weighted by molar-refractivity contribution is 7.46. The summed E-state index contributed by atoms with van der Waals surface area (Å²) in [6.45, 7) is 7.48. The summed E-state index contributed by atoms with van der Waals surface area (Å²) in [7, 11) is -4.45. The molecule has 0 aliphatic carbocycles. The highest BCUT2D eigenvalue weighted by atomic mass is 31.2. The van der Waals surface area contributed by atoms with Gasteiger partial charge in [0.1, 0.15) is 12.4 Å². The summed E-state index contributed by atoms with van der Waals surface area (Å²) < 4.78 is 15.2. The molecule has 0 radical (unpaired) electrons. The third kappa shape index (κ3) is 6.55. The fourth-order valence-corrected chi connectivity index (χ4v) is 1.79. The molecule has 0 bridgehead atoms. The zero-order chi connectivity index (χ0) is 12.7. The average Bonchev–Trinajstić information content (AvgIpc) is 2.15. The molecule has 0 fully saturated rings. The minimum atomic E-state index is -4.45. The molecule has 98 valence electrons. The first-order chi connectivity index (χ1) is 7.39. The van der Waals surface area contributed by atoms with E-state index in [-0.39, 0.29) is 6.61 Å². The monoisotopic (exact) mass is 255 g/mol. The van der Waals surface area contributed by atoms with Crippen LogP contribution >= 0.6 is 7.82 Å². The van der Waals surface area contributed by atoms with Crippen molar-refractivity contribution in [3.05, 3.63) is 0 Å². The summed E-state index contributed by atoms with van der Waals surface area (Å²) in [5.41, 5.74) is 0. The zero-order valence-corrected chi connectivity index (χ0v) is 10.9. The molecule has 0 spiro atoms. The van der Waals surface area contributed by atoms with Crippen molar-refractivity contribution in [1.82, 2.24) is 16.0 Å². The summed E-state index contributed by atoms with van der Waals surface area (Å²) >= 11 is 0. The minimum absolute atomic E-state index is 0.160. The van der Waals surface area contributed by atoms with Gasteiger partial charge in [0.15, 0.2) is 0 Å². The van der Waals surface area contributed by atoms with Gasteiger partial charge in [-0.15, -0.1) is 0 Å². The van der Waals surface area contributed by atoms with E-state index in [0.717, 1.165) is 0 Å². The van der Waals surface area contributed by atoms with Crippen LogP contribution in [0, 0.1) is 0 Å². The third-order valence-corrected chi connectivity index (χ3v) is 2.35. The largest absolute Gasteiger partial charge is 0.469 e. The van der Waals surface area contributed by atoms with Crippen LogP contribution in [-0.4, -0.2) is 41.8 Å². The van der Waals surface area contributed by atoms with Crippen molar-refractivity contribution in [1.29, 1.82) is 0 Å². The van der Waals surface area contributed by atoms with Crippen molar-refractivity contribution in [2.75, 3.05) is 26.2 Å². The van der Waals surface area contributed by atoms with Crippen LogP contribution in [0.1, 0.15) is 20.8 Å². The van der Waals surface area contributed by atoms with Crippen molar-refractivity contribution in [2.24, 2.45) is 0 Å². The number of phosphoric ester groups is 1. The molecule has 0 atom stereocenters. The van der Waals surface area contributed by atoms with Crippen LogP contribution in [0.3, 0.4) is 0 Å². The molecule has 0 saturated carbocycles. The maximum absolute atomic E-state index is 10.7. The lowest BCUT2D eigenvalue weighted by molar-refractivity contribution is 0.0882. The first kappa shape index (κ1) is 16.0. The first-order valence-corrected chi connectivity index (χ1v) is 6.87. The van der Waals surface area contributed by atoms with Crippen LogP contribution < -0.4 is 16.0 Å². The molecular weight excluding hydrogens is 233 g/mol. The lowest BCUT2D eigenvalue weighted by Crippen LogP contribution is -2.69. The minimum Gasteiger partial charge on any atom is -0.303 e. The Kier molecular flexibility index (Phi) is 7.34. The normalized spacial score (nSPS) is 13.1. The van der Waals surface area contributed by atoms with E-state index in [1.807, 2.05) is 20.8 Å². The van der Waals surface area contributed by atoms with Crippen molar-refractivity contribution in [3.63, 3.8) is 0 Å². The lowest BCUT2D eigenvalue weighted by Gasteiger charge is -2.35. The topological polar surface area (TPSA) is 103 Å². The van der Waals surface area contributed by atoms with Crippen LogP contribution in [0.15, 0.2) is 0 Å². The molecule has 7 nitrogen and oxygen atoms in total. The molecule has 0 heterocycles. The number of nitrogens with one attached hydrogen (secondary N) is 3. The number of phosphoric acid groups is 1. The summed E-state index contributed by atoms with van der Waals surface area (Å²) in [5, 5.41) is 9.24. The van der Waals surface area contributed by atoms with E-state index in [0.29, 0.717) is 19.6 Å². The molecule has 0 aromatic heterocycles. The van der Waals surface area contributed by atoms with Crippen LogP contribution in [0.4, 0.5) is 0 Å². The second kappa shape index (κ2) is 7.34. The van der Waals surface area contributed by atoms with Crippen molar-refractivity contribution in [3.8, 4) is 0 Å². The van der Waals surface area contributed by atoms with Gasteiger partial charge in [0.25, 0.3) is 0 Å². The summed E-state index contributed by atoms with van der Waals surface area (Å²) in [4.78, 5) is 17.4. The number of likely N-dealkylation sites (N-methyl/N-ethyl adjacent to an activating group) is 3. The molecule has 0 aliphatic heterocycles. The van der Waals surface area contributed by atoms with E-state index < -0.39 is 13.6 Å². The van der Waals surface area contributed by atoms with E-state index in [2.05, 4.69) is 20.5 Å². The molecule has 0 aromatic carbocycles. The lowest BCUT2D eigenvalue weighted by atomic mass is 10.3. The Hall–Kier alpha value is -0.0100. The van der Waals surface area contributed by atoms with E-state index in [1.54, 1.807) is 0 Å². The summed E-state index contributed by atoms with van der Waals surface area (Å²) in [6.07, 6.45) is 0. The Morgan fingerprint density at radius 1 is 1.06 bits per heavy atom. The van der Waals surface area contributed by atoms with E-state index >= 15 is 0 Å². The molecule has 0 aromatic rings. The first-order valence-electron chi connectivity index (χ1n) is 5.34. The van der Waals surface area contributed by atoms with Crippen LogP contribution in [-0.2, 0) is 9.09 Å². The smallest absolute Gasteiger partial charge is 0.303 e. The maximum atomic E-state index is 10.7. The highest BCUT2D eigenvalue weighted by Gasteiger charge is 2.30. The molecule has 0 rings (SSSR count). The predicted molar refractivity (Wildman–Crippen MR) is 61.8 cm³/mol. The number of rotatable bonds is 9. The van der Waals surface area contributed by atoms with Crippen LogP contribution in [0.2, 0.25) is 0 Å². The van der Waals surface area contributed by atoms with E-state index in [1.165, 1.54) is 0 Å². The summed E-state index contributed by atoms with van der Waals surface area (Å²) in [5.74, 6) is -0.806. The number of hydrogen-bond donors (Lipinski definition) is 5. The van der Waals surface area contributed by atoms with Gasteiger partial charge in [-0.2, -0.15) is 0 Å². The van der Waals surface area contributed by atoms with Gasteiger partial charge in [0, 0.05) is 0 Å². The molecule has 8 heteroatoms. The zero-order valence-electron chi connectivity index (χ0n) is 9.99. The average molecular weight is 255 g/mol. The quantitative estimate of drug-likeness (QED) is 0.281. The molecule has 0 aliphatic rings. The molecular formula is C8H22N3O4P. The van der Waals surface area contributed by atoms with Crippen molar-refractivity contribution in [2.45, 2.75) is 26.6 Å². The van der Waals surface area contributed by atoms with E-state index in [4.69, 9.17) is 9.79 Å². The fraction of sp³-hybridized carbons (Fsp3) is 1.00. The fourth-order valence-electron chi connectivity index (χ4n) is 1.43. The standard InChI is InChI=1S/C8H22N3O4P/c1-4-9-8(10-5-2,11-6-3)7-15-16(12,13)14/h9-11H,4-7H2,1-3H3,(H2,12,13,14). The van der Waals surface area contributed by atoms with Gasteiger partial charge in [-0.25, -0.2) is 4.57 Å². The van der Waals surface area contributed by atoms with E-state index in [9.17, 15) is 4.57 Å². The Balaban J connectivity index is 4.52. The van der Waals surface area contributed by atoms with Gasteiger partial charge in [0.2, 0.25) is 0 Å². The Morgan fingerprint density at radius 3 is 1.69 bits per heavy atom. The Bertz CT molecular complexity index is 216. The maximum Gasteiger partial charge on any atom is 0.469 e. The van der Waals surface area contributed by atoms with Gasteiger partial charge >= 0.3 is 7.82 Å². The second-order valence-corrected chi connectivity index (χ2v) is 4.50. The molecule has 0 saturated heterocycles. The second-order valence-electron chi connectivity index (χ2n) is 3.26. The Labute approximate surface area is 96.2 Å². The molecule has 0 amide bonds. The number of hydrogen-bond acceptors (Lipinski definition) is 5. The summed E-state index contributed by atoms with van der Waals surface area (Å²) in [6, 6.07) is 0. The van der Waals surface area contributed by atoms with Gasteiger partial charge in [-0.3, -0.25) is 20.5 Å². The van der Waals surface area contributed by atoms with Gasteiger partial charge < -0.3 is 9.79 Å². The van der Waals surface area contributed by atoms with Gasteiger partial charge in [-0.05, 0) is 19.6 Å². The van der Waals surface area contributed by atoms with Crippen LogP contribution in [0.25, 0.3) is 0 Å². The van der Waals surface area contributed by atoms with Crippen molar-refractivity contribution >= 4 is 7.82 Å². The molecule has 0 unspecified atom stereocenters. The highest BCUT2D eigenvalue weighted by Crippen LogP contribution is 2.36. The van der Waals surface area contributed by atoms with Gasteiger partial charge in [-0.1, -0.05) is 20.8 Å². The van der Waals surface area contributed by atoms with Crippen LogP contribution in [0.5, 0.6) is 0 Å². The van der Waals surface area contributed by atoms with Gasteiger partial charge in [0.05, 0.1) is 0 Å². The predicted octanol–water partition coefficient (Wildman–Crippen LogP) is -0.422. The van der Waals surface area contributed by atoms with Crippen molar-refractivity contribution < 1.29 is 18.9 Å². The molecule has 16 heavy (non-hydrogen) atoms. The SMILES string of the molecule is CCNC(COP(=O)(O)O)(NCC)NCC.